The average molecular weight is 164 g/mol. The number of carbonyl (C=O) groups excluding carboxylic acids is 1. The molecule has 3 aliphatic rings. The minimum Gasteiger partial charge on any atom is -0.299 e. The van der Waals surface area contributed by atoms with E-state index in [0.717, 1.165) is 24.2 Å². The first-order chi connectivity index (χ1) is 5.72. The van der Waals surface area contributed by atoms with Gasteiger partial charge >= 0.3 is 0 Å². The normalized spacial score (nSPS) is 56.4. The van der Waals surface area contributed by atoms with Gasteiger partial charge in [0.1, 0.15) is 5.78 Å². The van der Waals surface area contributed by atoms with Gasteiger partial charge in [0, 0.05) is 11.8 Å². The first kappa shape index (κ1) is 7.11. The second-order valence-corrected chi connectivity index (χ2v) is 5.21. The van der Waals surface area contributed by atoms with Gasteiger partial charge in [-0.2, -0.15) is 0 Å². The van der Waals surface area contributed by atoms with Gasteiger partial charge in [-0.05, 0) is 37.0 Å². The monoisotopic (exact) mass is 164 g/mol. The summed E-state index contributed by atoms with van der Waals surface area (Å²) in [6.07, 6.45) is 6.27. The Morgan fingerprint density at radius 2 is 2.25 bits per heavy atom. The molecule has 0 aromatic carbocycles. The van der Waals surface area contributed by atoms with E-state index in [1.54, 1.807) is 0 Å². The molecule has 3 rings (SSSR count). The molecule has 0 radical (unpaired) electrons. The molecule has 0 aromatic heterocycles. The minimum atomic E-state index is 0.131. The van der Waals surface area contributed by atoms with Crippen LogP contribution in [0.25, 0.3) is 0 Å². The van der Waals surface area contributed by atoms with E-state index in [4.69, 9.17) is 0 Å². The number of carbonyl (C=O) groups is 1. The molecule has 0 saturated heterocycles. The predicted octanol–water partition coefficient (Wildman–Crippen LogP) is 2.40. The lowest BCUT2D eigenvalue weighted by molar-refractivity contribution is -0.129. The van der Waals surface area contributed by atoms with Crippen LogP contribution in [0.15, 0.2) is 0 Å². The van der Waals surface area contributed by atoms with Gasteiger partial charge in [-0.15, -0.1) is 0 Å². The molecular weight excluding hydrogens is 148 g/mol. The maximum atomic E-state index is 11.7. The molecule has 0 amide bonds. The van der Waals surface area contributed by atoms with E-state index >= 15 is 0 Å². The fourth-order valence-corrected chi connectivity index (χ4v) is 4.21. The van der Waals surface area contributed by atoms with Crippen molar-refractivity contribution in [1.29, 1.82) is 0 Å². The van der Waals surface area contributed by atoms with E-state index in [0.29, 0.717) is 5.78 Å². The maximum absolute atomic E-state index is 11.7. The fourth-order valence-electron chi connectivity index (χ4n) is 4.21. The smallest absolute Gasteiger partial charge is 0.139 e. The van der Waals surface area contributed by atoms with Crippen LogP contribution >= 0.6 is 0 Å². The molecular formula is C11H16O. The van der Waals surface area contributed by atoms with Gasteiger partial charge in [-0.3, -0.25) is 4.79 Å². The third-order valence-corrected chi connectivity index (χ3v) is 4.76. The molecule has 3 aliphatic carbocycles. The van der Waals surface area contributed by atoms with Crippen LogP contribution in [0, 0.1) is 23.2 Å². The molecule has 3 fully saturated rings. The number of Topliss-reactive ketones (excluding diaryl/α,β-unsaturated/α-hetero) is 1. The Bertz CT molecular complexity index is 245. The summed E-state index contributed by atoms with van der Waals surface area (Å²) in [5.41, 5.74) is 0.131. The van der Waals surface area contributed by atoms with Crippen LogP contribution in [0.2, 0.25) is 0 Å². The van der Waals surface area contributed by atoms with E-state index in [9.17, 15) is 4.79 Å². The van der Waals surface area contributed by atoms with Crippen molar-refractivity contribution < 1.29 is 4.79 Å². The summed E-state index contributed by atoms with van der Waals surface area (Å²) in [6.45, 7) is 2.23. The predicted molar refractivity (Wildman–Crippen MR) is 46.7 cm³/mol. The minimum absolute atomic E-state index is 0.131. The third kappa shape index (κ3) is 0.605. The van der Waals surface area contributed by atoms with Crippen molar-refractivity contribution >= 4 is 5.78 Å². The second kappa shape index (κ2) is 1.94. The van der Waals surface area contributed by atoms with Crippen LogP contribution in [-0.2, 0) is 4.79 Å². The molecule has 0 aliphatic heterocycles. The van der Waals surface area contributed by atoms with Crippen molar-refractivity contribution in [2.75, 3.05) is 0 Å². The van der Waals surface area contributed by atoms with E-state index < -0.39 is 0 Å². The van der Waals surface area contributed by atoms with Crippen molar-refractivity contribution in [3.8, 4) is 0 Å². The van der Waals surface area contributed by atoms with Crippen LogP contribution in [0.1, 0.15) is 39.0 Å². The standard InChI is InChI=1S/C11H16O/c1-11-6-7(5-10(11)12)8-3-2-4-9(8)11/h7-9H,2-6H2,1H3. The highest BCUT2D eigenvalue weighted by Gasteiger charge is 2.60. The molecule has 0 N–H and O–H groups in total. The van der Waals surface area contributed by atoms with Gasteiger partial charge in [0.05, 0.1) is 0 Å². The summed E-state index contributed by atoms with van der Waals surface area (Å²) in [4.78, 5) is 11.7. The molecule has 0 spiro atoms. The van der Waals surface area contributed by atoms with Crippen molar-refractivity contribution in [2.24, 2.45) is 23.2 Å². The SMILES string of the molecule is CC12CC(CC1=O)C1CCCC12. The Kier molecular flexibility index (Phi) is 1.15. The molecule has 12 heavy (non-hydrogen) atoms. The zero-order valence-corrected chi connectivity index (χ0v) is 7.68. The number of hydrogen-bond acceptors (Lipinski definition) is 1. The van der Waals surface area contributed by atoms with Crippen molar-refractivity contribution in [2.45, 2.75) is 39.0 Å². The molecule has 3 saturated carbocycles. The Hall–Kier alpha value is -0.330. The summed E-state index contributed by atoms with van der Waals surface area (Å²) >= 11 is 0. The Balaban J connectivity index is 2.03. The lowest BCUT2D eigenvalue weighted by atomic mass is 9.72. The Labute approximate surface area is 73.5 Å². The quantitative estimate of drug-likeness (QED) is 0.537. The van der Waals surface area contributed by atoms with Crippen LogP contribution in [0.5, 0.6) is 0 Å². The van der Waals surface area contributed by atoms with Crippen molar-refractivity contribution in [1.82, 2.24) is 0 Å². The summed E-state index contributed by atoms with van der Waals surface area (Å²) in [5.74, 6) is 3.09. The van der Waals surface area contributed by atoms with Gasteiger partial charge < -0.3 is 0 Å². The number of ketones is 1. The van der Waals surface area contributed by atoms with E-state index in [2.05, 4.69) is 6.92 Å². The summed E-state index contributed by atoms with van der Waals surface area (Å²) in [6, 6.07) is 0. The zero-order valence-electron chi connectivity index (χ0n) is 7.68. The highest BCUT2D eigenvalue weighted by atomic mass is 16.1. The maximum Gasteiger partial charge on any atom is 0.139 e. The Morgan fingerprint density at radius 1 is 1.42 bits per heavy atom. The van der Waals surface area contributed by atoms with Crippen molar-refractivity contribution in [3.05, 3.63) is 0 Å². The molecule has 4 atom stereocenters. The summed E-state index contributed by atoms with van der Waals surface area (Å²) < 4.78 is 0. The molecule has 66 valence electrons. The van der Waals surface area contributed by atoms with E-state index in [1.165, 1.54) is 25.7 Å². The van der Waals surface area contributed by atoms with E-state index in [-0.39, 0.29) is 5.41 Å². The lowest BCUT2D eigenvalue weighted by Gasteiger charge is -2.30. The molecule has 1 heteroatoms. The van der Waals surface area contributed by atoms with Crippen LogP contribution in [0.3, 0.4) is 0 Å². The molecule has 1 nitrogen and oxygen atoms in total. The van der Waals surface area contributed by atoms with Crippen LogP contribution in [0.4, 0.5) is 0 Å². The number of fused-ring (bicyclic) bond motifs is 5. The zero-order chi connectivity index (χ0) is 8.34. The number of hydrogen-bond donors (Lipinski definition) is 0. The van der Waals surface area contributed by atoms with E-state index in [1.807, 2.05) is 0 Å². The third-order valence-electron chi connectivity index (χ3n) is 4.76. The Morgan fingerprint density at radius 3 is 3.08 bits per heavy atom. The lowest BCUT2D eigenvalue weighted by Crippen LogP contribution is -2.33. The summed E-state index contributed by atoms with van der Waals surface area (Å²) in [5, 5.41) is 0. The molecule has 0 heterocycles. The number of rotatable bonds is 0. The highest BCUT2D eigenvalue weighted by Crippen LogP contribution is 2.63. The second-order valence-electron chi connectivity index (χ2n) is 5.21. The largest absolute Gasteiger partial charge is 0.299 e. The van der Waals surface area contributed by atoms with Crippen LogP contribution in [-0.4, -0.2) is 5.78 Å². The first-order valence-corrected chi connectivity index (χ1v) is 5.25. The van der Waals surface area contributed by atoms with Gasteiger partial charge in [0.25, 0.3) is 0 Å². The molecule has 2 bridgehead atoms. The average Bonchev–Trinajstić information content (AvgIpc) is 2.60. The molecule has 4 unspecified atom stereocenters. The first-order valence-electron chi connectivity index (χ1n) is 5.25. The molecule has 0 aromatic rings. The van der Waals surface area contributed by atoms with Crippen molar-refractivity contribution in [3.63, 3.8) is 0 Å². The highest BCUT2D eigenvalue weighted by molar-refractivity contribution is 5.88. The van der Waals surface area contributed by atoms with Gasteiger partial charge in [0.15, 0.2) is 0 Å². The van der Waals surface area contributed by atoms with Gasteiger partial charge in [0.2, 0.25) is 0 Å². The fraction of sp³-hybridized carbons (Fsp3) is 0.909. The van der Waals surface area contributed by atoms with Gasteiger partial charge in [-0.1, -0.05) is 13.3 Å². The van der Waals surface area contributed by atoms with Gasteiger partial charge in [-0.25, -0.2) is 0 Å². The van der Waals surface area contributed by atoms with Crippen LogP contribution < -0.4 is 0 Å². The topological polar surface area (TPSA) is 17.1 Å². The summed E-state index contributed by atoms with van der Waals surface area (Å²) in [7, 11) is 0.